The Hall–Kier alpha value is -0.930. The third kappa shape index (κ3) is 2.74. The van der Waals surface area contributed by atoms with Crippen molar-refractivity contribution in [3.63, 3.8) is 0 Å². The van der Waals surface area contributed by atoms with Crippen LogP contribution in [0.3, 0.4) is 0 Å². The van der Waals surface area contributed by atoms with Crippen molar-refractivity contribution in [2.75, 3.05) is 13.1 Å². The molecule has 2 aliphatic rings. The number of hydrogen-bond donors (Lipinski definition) is 1. The lowest BCUT2D eigenvalue weighted by atomic mass is 9.80. The first kappa shape index (κ1) is 13.7. The average Bonchev–Trinajstić information content (AvgIpc) is 2.93. The maximum Gasteiger partial charge on any atom is 0.0944 e. The SMILES string of the molecule is CCCNCC1(Cc2nc3ccccc3s2)CC2CC2C1. The molecule has 0 amide bonds. The van der Waals surface area contributed by atoms with Crippen molar-refractivity contribution in [1.82, 2.24) is 10.3 Å². The van der Waals surface area contributed by atoms with Gasteiger partial charge in [0.15, 0.2) is 0 Å². The molecule has 2 nitrogen and oxygen atoms in total. The van der Waals surface area contributed by atoms with Gasteiger partial charge in [-0.2, -0.15) is 0 Å². The van der Waals surface area contributed by atoms with E-state index in [2.05, 4.69) is 36.5 Å². The molecule has 112 valence electrons. The summed E-state index contributed by atoms with van der Waals surface area (Å²) < 4.78 is 1.34. The van der Waals surface area contributed by atoms with E-state index in [1.54, 1.807) is 0 Å². The first-order valence-corrected chi connectivity index (χ1v) is 9.15. The van der Waals surface area contributed by atoms with Crippen LogP contribution in [0.1, 0.15) is 37.6 Å². The minimum Gasteiger partial charge on any atom is -0.316 e. The highest BCUT2D eigenvalue weighted by Crippen LogP contribution is 2.60. The molecule has 0 radical (unpaired) electrons. The summed E-state index contributed by atoms with van der Waals surface area (Å²) in [5.41, 5.74) is 1.66. The lowest BCUT2D eigenvalue weighted by Gasteiger charge is -2.30. The van der Waals surface area contributed by atoms with Crippen LogP contribution in [0.25, 0.3) is 10.2 Å². The van der Waals surface area contributed by atoms with Crippen LogP contribution >= 0.6 is 11.3 Å². The van der Waals surface area contributed by atoms with E-state index < -0.39 is 0 Å². The Balaban J connectivity index is 1.53. The second-order valence-corrected chi connectivity index (χ2v) is 8.21. The summed E-state index contributed by atoms with van der Waals surface area (Å²) in [5, 5.41) is 5.03. The Morgan fingerprint density at radius 3 is 2.86 bits per heavy atom. The van der Waals surface area contributed by atoms with Gasteiger partial charge in [-0.15, -0.1) is 11.3 Å². The van der Waals surface area contributed by atoms with E-state index in [-0.39, 0.29) is 0 Å². The summed E-state index contributed by atoms with van der Waals surface area (Å²) in [5.74, 6) is 2.06. The summed E-state index contributed by atoms with van der Waals surface area (Å²) in [6.07, 6.45) is 6.74. The molecule has 2 saturated carbocycles. The molecular formula is C18H24N2S. The van der Waals surface area contributed by atoms with Crippen molar-refractivity contribution < 1.29 is 0 Å². The number of thiazole rings is 1. The summed E-state index contributed by atoms with van der Waals surface area (Å²) in [7, 11) is 0. The second-order valence-electron chi connectivity index (χ2n) is 7.09. The quantitative estimate of drug-likeness (QED) is 0.807. The standard InChI is InChI=1S/C18H24N2S/c1-2-7-19-12-18(9-13-8-14(13)10-18)11-17-20-15-5-3-4-6-16(15)21-17/h3-6,13-14,19H,2,7-12H2,1H3. The molecule has 0 saturated heterocycles. The van der Waals surface area contributed by atoms with Gasteiger partial charge >= 0.3 is 0 Å². The number of benzene rings is 1. The van der Waals surface area contributed by atoms with E-state index in [4.69, 9.17) is 4.98 Å². The van der Waals surface area contributed by atoms with Crippen LogP contribution in [-0.2, 0) is 6.42 Å². The Kier molecular flexibility index (Phi) is 3.50. The Labute approximate surface area is 131 Å². The number of para-hydroxylation sites is 1. The highest BCUT2D eigenvalue weighted by Gasteiger charge is 2.53. The van der Waals surface area contributed by atoms with Gasteiger partial charge in [0.1, 0.15) is 0 Å². The molecule has 0 spiro atoms. The van der Waals surface area contributed by atoms with Gasteiger partial charge in [0.2, 0.25) is 0 Å². The molecule has 1 aromatic carbocycles. The van der Waals surface area contributed by atoms with Gasteiger partial charge in [-0.05, 0) is 61.6 Å². The number of hydrogen-bond acceptors (Lipinski definition) is 3. The van der Waals surface area contributed by atoms with E-state index in [1.807, 2.05) is 11.3 Å². The van der Waals surface area contributed by atoms with Crippen LogP contribution in [0.5, 0.6) is 0 Å². The van der Waals surface area contributed by atoms with Gasteiger partial charge in [0, 0.05) is 13.0 Å². The van der Waals surface area contributed by atoms with E-state index in [0.29, 0.717) is 5.41 Å². The van der Waals surface area contributed by atoms with Crippen molar-refractivity contribution in [1.29, 1.82) is 0 Å². The molecule has 4 rings (SSSR count). The monoisotopic (exact) mass is 300 g/mol. The summed E-state index contributed by atoms with van der Waals surface area (Å²) in [4.78, 5) is 4.88. The minimum atomic E-state index is 0.483. The van der Waals surface area contributed by atoms with Crippen LogP contribution < -0.4 is 5.32 Å². The lowest BCUT2D eigenvalue weighted by molar-refractivity contribution is 0.249. The summed E-state index contributed by atoms with van der Waals surface area (Å²) in [6.45, 7) is 4.58. The largest absolute Gasteiger partial charge is 0.316 e. The highest BCUT2D eigenvalue weighted by atomic mass is 32.1. The third-order valence-electron chi connectivity index (χ3n) is 5.25. The highest BCUT2D eigenvalue weighted by molar-refractivity contribution is 7.18. The molecule has 1 aromatic heterocycles. The van der Waals surface area contributed by atoms with Crippen molar-refractivity contribution in [2.45, 2.75) is 39.0 Å². The van der Waals surface area contributed by atoms with Crippen molar-refractivity contribution in [3.05, 3.63) is 29.3 Å². The summed E-state index contributed by atoms with van der Waals surface area (Å²) in [6, 6.07) is 8.55. The second kappa shape index (κ2) is 5.36. The lowest BCUT2D eigenvalue weighted by Crippen LogP contribution is -2.35. The topological polar surface area (TPSA) is 24.9 Å². The van der Waals surface area contributed by atoms with Crippen molar-refractivity contribution in [2.24, 2.45) is 17.3 Å². The van der Waals surface area contributed by atoms with Gasteiger partial charge in [0.25, 0.3) is 0 Å². The van der Waals surface area contributed by atoms with Crippen molar-refractivity contribution >= 4 is 21.6 Å². The van der Waals surface area contributed by atoms with E-state index in [0.717, 1.165) is 18.4 Å². The van der Waals surface area contributed by atoms with Crippen LogP contribution in [0.15, 0.2) is 24.3 Å². The zero-order chi connectivity index (χ0) is 14.3. The molecule has 0 bridgehead atoms. The maximum absolute atomic E-state index is 4.88. The molecule has 2 unspecified atom stereocenters. The van der Waals surface area contributed by atoms with Crippen LogP contribution in [0.2, 0.25) is 0 Å². The fraction of sp³-hybridized carbons (Fsp3) is 0.611. The molecule has 1 N–H and O–H groups in total. The minimum absolute atomic E-state index is 0.483. The molecule has 3 heteroatoms. The summed E-state index contributed by atoms with van der Waals surface area (Å²) >= 11 is 1.90. The van der Waals surface area contributed by atoms with Crippen LogP contribution in [-0.4, -0.2) is 18.1 Å². The third-order valence-corrected chi connectivity index (χ3v) is 6.29. The fourth-order valence-electron chi connectivity index (χ4n) is 4.20. The molecule has 2 aromatic rings. The Bertz CT molecular complexity index is 590. The predicted octanol–water partition coefficient (Wildman–Crippen LogP) is 4.25. The average molecular weight is 300 g/mol. The van der Waals surface area contributed by atoms with E-state index >= 15 is 0 Å². The molecule has 1 heterocycles. The number of rotatable bonds is 6. The zero-order valence-corrected chi connectivity index (χ0v) is 13.6. The first-order chi connectivity index (χ1) is 10.3. The molecule has 2 fully saturated rings. The molecular weight excluding hydrogens is 276 g/mol. The maximum atomic E-state index is 4.88. The van der Waals surface area contributed by atoms with Gasteiger partial charge < -0.3 is 5.32 Å². The van der Waals surface area contributed by atoms with Crippen molar-refractivity contribution in [3.8, 4) is 0 Å². The molecule has 0 aliphatic heterocycles. The van der Waals surface area contributed by atoms with Crippen LogP contribution in [0, 0.1) is 17.3 Å². The fourth-order valence-corrected chi connectivity index (χ4v) is 5.34. The number of nitrogens with one attached hydrogen (secondary N) is 1. The number of fused-ring (bicyclic) bond motifs is 2. The van der Waals surface area contributed by atoms with E-state index in [1.165, 1.54) is 53.9 Å². The predicted molar refractivity (Wildman–Crippen MR) is 89.7 cm³/mol. The van der Waals surface area contributed by atoms with Gasteiger partial charge in [-0.1, -0.05) is 19.1 Å². The van der Waals surface area contributed by atoms with Gasteiger partial charge in [-0.3, -0.25) is 0 Å². The van der Waals surface area contributed by atoms with Crippen LogP contribution in [0.4, 0.5) is 0 Å². The normalized spacial score (nSPS) is 30.7. The van der Waals surface area contributed by atoms with Gasteiger partial charge in [-0.25, -0.2) is 4.98 Å². The molecule has 2 aliphatic carbocycles. The molecule has 21 heavy (non-hydrogen) atoms. The Morgan fingerprint density at radius 1 is 1.29 bits per heavy atom. The van der Waals surface area contributed by atoms with Gasteiger partial charge in [0.05, 0.1) is 15.2 Å². The number of nitrogens with zero attached hydrogens (tertiary/aromatic N) is 1. The van der Waals surface area contributed by atoms with E-state index in [9.17, 15) is 0 Å². The smallest absolute Gasteiger partial charge is 0.0944 e. The zero-order valence-electron chi connectivity index (χ0n) is 12.8. The molecule has 2 atom stereocenters. The Morgan fingerprint density at radius 2 is 2.10 bits per heavy atom. The number of aromatic nitrogens is 1. The first-order valence-electron chi connectivity index (χ1n) is 8.33.